The van der Waals surface area contributed by atoms with Crippen LogP contribution in [-0.2, 0) is 0 Å². The van der Waals surface area contributed by atoms with E-state index in [9.17, 15) is 4.79 Å². The molecule has 0 amide bonds. The van der Waals surface area contributed by atoms with Crippen molar-refractivity contribution in [1.82, 2.24) is 9.97 Å². The fourth-order valence-corrected chi connectivity index (χ4v) is 1.86. The van der Waals surface area contributed by atoms with Gasteiger partial charge in [-0.1, -0.05) is 0 Å². The highest BCUT2D eigenvalue weighted by Gasteiger charge is 2.01. The molecule has 0 saturated carbocycles. The Balaban J connectivity index is 2.52. The molecule has 4 heteroatoms. The van der Waals surface area contributed by atoms with E-state index < -0.39 is 0 Å². The number of nitrogens with one attached hydrogen (secondary N) is 1. The van der Waals surface area contributed by atoms with Gasteiger partial charge in [-0.2, -0.15) is 0 Å². The van der Waals surface area contributed by atoms with Crippen LogP contribution < -0.4 is 5.56 Å². The summed E-state index contributed by atoms with van der Waals surface area (Å²) in [5.74, 6) is 0. The van der Waals surface area contributed by atoms with E-state index in [0.717, 1.165) is 16.3 Å². The van der Waals surface area contributed by atoms with Crippen LogP contribution >= 0.6 is 11.3 Å². The maximum atomic E-state index is 11.0. The zero-order valence-corrected chi connectivity index (χ0v) is 7.89. The van der Waals surface area contributed by atoms with Gasteiger partial charge < -0.3 is 4.98 Å². The summed E-state index contributed by atoms with van der Waals surface area (Å²) in [6, 6.07) is 3.40. The molecule has 0 aliphatic carbocycles. The van der Waals surface area contributed by atoms with E-state index in [1.165, 1.54) is 0 Å². The number of pyridine rings is 1. The summed E-state index contributed by atoms with van der Waals surface area (Å²) in [7, 11) is 0. The molecule has 0 fully saturated rings. The van der Waals surface area contributed by atoms with E-state index in [2.05, 4.69) is 9.97 Å². The van der Waals surface area contributed by atoms with Crippen molar-refractivity contribution in [1.29, 1.82) is 0 Å². The van der Waals surface area contributed by atoms with Gasteiger partial charge in [-0.25, -0.2) is 4.98 Å². The fraction of sp³-hybridized carbons (Fsp3) is 0.111. The number of hydrogen-bond donors (Lipinski definition) is 1. The first kappa shape index (κ1) is 8.19. The van der Waals surface area contributed by atoms with E-state index in [4.69, 9.17) is 0 Å². The summed E-state index contributed by atoms with van der Waals surface area (Å²) in [5.41, 5.74) is 1.77. The molecule has 0 atom stereocenters. The Morgan fingerprint density at radius 3 is 3.00 bits per heavy atom. The number of nitrogens with zero attached hydrogens (tertiary/aromatic N) is 1. The first-order valence-corrected chi connectivity index (χ1v) is 4.75. The number of aromatic nitrogens is 2. The number of aromatic amines is 1. The van der Waals surface area contributed by atoms with E-state index in [1.54, 1.807) is 23.6 Å². The minimum atomic E-state index is -0.0923. The van der Waals surface area contributed by atoms with Gasteiger partial charge in [0.05, 0.1) is 0 Å². The molecule has 0 bridgehead atoms. The van der Waals surface area contributed by atoms with E-state index in [-0.39, 0.29) is 5.56 Å². The predicted octanol–water partition coefficient (Wildman–Crippen LogP) is 1.81. The molecule has 2 heterocycles. The summed E-state index contributed by atoms with van der Waals surface area (Å²) in [5, 5.41) is 2.86. The zero-order valence-electron chi connectivity index (χ0n) is 7.07. The Morgan fingerprint density at radius 2 is 2.38 bits per heavy atom. The standard InChI is InChI=1S/C9H8N2OS/c1-6-5-13-9(11-6)7-2-3-10-8(12)4-7/h2-5H,1H3,(H,10,12). The molecule has 3 nitrogen and oxygen atoms in total. The molecule has 0 unspecified atom stereocenters. The topological polar surface area (TPSA) is 45.8 Å². The number of aryl methyl sites for hydroxylation is 1. The second kappa shape index (κ2) is 3.14. The van der Waals surface area contributed by atoms with Crippen LogP contribution in [0.5, 0.6) is 0 Å². The van der Waals surface area contributed by atoms with Crippen LogP contribution in [0.3, 0.4) is 0 Å². The van der Waals surface area contributed by atoms with Gasteiger partial charge in [0.2, 0.25) is 5.56 Å². The van der Waals surface area contributed by atoms with Gasteiger partial charge >= 0.3 is 0 Å². The molecular weight excluding hydrogens is 184 g/mol. The minimum Gasteiger partial charge on any atom is -0.329 e. The predicted molar refractivity (Wildman–Crippen MR) is 52.9 cm³/mol. The van der Waals surface area contributed by atoms with Crippen molar-refractivity contribution in [2.24, 2.45) is 0 Å². The highest BCUT2D eigenvalue weighted by molar-refractivity contribution is 7.13. The third-order valence-electron chi connectivity index (χ3n) is 1.64. The summed E-state index contributed by atoms with van der Waals surface area (Å²) in [4.78, 5) is 17.8. The SMILES string of the molecule is Cc1csc(-c2cc[nH]c(=O)c2)n1. The monoisotopic (exact) mass is 192 g/mol. The Hall–Kier alpha value is -1.42. The van der Waals surface area contributed by atoms with Crippen molar-refractivity contribution >= 4 is 11.3 Å². The molecule has 0 spiro atoms. The normalized spacial score (nSPS) is 10.2. The fourth-order valence-electron chi connectivity index (χ4n) is 1.06. The Kier molecular flexibility index (Phi) is 1.98. The van der Waals surface area contributed by atoms with Crippen molar-refractivity contribution in [3.63, 3.8) is 0 Å². The van der Waals surface area contributed by atoms with Crippen molar-refractivity contribution < 1.29 is 0 Å². The Bertz CT molecular complexity index is 472. The Morgan fingerprint density at radius 1 is 1.54 bits per heavy atom. The van der Waals surface area contributed by atoms with E-state index in [0.29, 0.717) is 0 Å². The quantitative estimate of drug-likeness (QED) is 0.749. The van der Waals surface area contributed by atoms with Crippen molar-refractivity contribution in [3.8, 4) is 10.6 Å². The molecule has 0 aliphatic heterocycles. The third-order valence-corrected chi connectivity index (χ3v) is 2.65. The average Bonchev–Trinajstić information content (AvgIpc) is 2.52. The summed E-state index contributed by atoms with van der Waals surface area (Å²) in [6.07, 6.45) is 1.63. The largest absolute Gasteiger partial charge is 0.329 e. The maximum Gasteiger partial charge on any atom is 0.248 e. The number of H-pyrrole nitrogens is 1. The molecular formula is C9H8N2OS. The van der Waals surface area contributed by atoms with Crippen molar-refractivity contribution in [2.75, 3.05) is 0 Å². The minimum absolute atomic E-state index is 0.0923. The van der Waals surface area contributed by atoms with Crippen LogP contribution in [0.2, 0.25) is 0 Å². The highest BCUT2D eigenvalue weighted by Crippen LogP contribution is 2.21. The van der Waals surface area contributed by atoms with Crippen LogP contribution in [0, 0.1) is 6.92 Å². The van der Waals surface area contributed by atoms with Gasteiger partial charge in [0.1, 0.15) is 5.01 Å². The number of rotatable bonds is 1. The first-order chi connectivity index (χ1) is 6.25. The van der Waals surface area contributed by atoms with Crippen LogP contribution in [0.1, 0.15) is 5.69 Å². The molecule has 0 radical (unpaired) electrons. The van der Waals surface area contributed by atoms with Crippen LogP contribution in [0.4, 0.5) is 0 Å². The highest BCUT2D eigenvalue weighted by atomic mass is 32.1. The summed E-state index contributed by atoms with van der Waals surface area (Å²) >= 11 is 1.55. The molecule has 2 rings (SSSR count). The van der Waals surface area contributed by atoms with Crippen LogP contribution in [-0.4, -0.2) is 9.97 Å². The molecule has 13 heavy (non-hydrogen) atoms. The average molecular weight is 192 g/mol. The first-order valence-electron chi connectivity index (χ1n) is 3.87. The van der Waals surface area contributed by atoms with Gasteiger partial charge in [0, 0.05) is 28.9 Å². The zero-order chi connectivity index (χ0) is 9.26. The smallest absolute Gasteiger partial charge is 0.248 e. The van der Waals surface area contributed by atoms with Crippen molar-refractivity contribution in [2.45, 2.75) is 6.92 Å². The second-order valence-electron chi connectivity index (χ2n) is 2.74. The molecule has 2 aromatic heterocycles. The summed E-state index contributed by atoms with van der Waals surface area (Å²) < 4.78 is 0. The van der Waals surface area contributed by atoms with E-state index in [1.807, 2.05) is 18.4 Å². The molecule has 66 valence electrons. The number of thiazole rings is 1. The lowest BCUT2D eigenvalue weighted by Crippen LogP contribution is -2.01. The van der Waals surface area contributed by atoms with Crippen LogP contribution in [0.25, 0.3) is 10.6 Å². The van der Waals surface area contributed by atoms with Gasteiger partial charge in [-0.3, -0.25) is 4.79 Å². The molecule has 2 aromatic rings. The lowest BCUT2D eigenvalue weighted by atomic mass is 10.3. The van der Waals surface area contributed by atoms with E-state index >= 15 is 0 Å². The second-order valence-corrected chi connectivity index (χ2v) is 3.59. The third kappa shape index (κ3) is 1.67. The summed E-state index contributed by atoms with van der Waals surface area (Å²) in [6.45, 7) is 1.94. The van der Waals surface area contributed by atoms with Gasteiger partial charge in [-0.05, 0) is 13.0 Å². The van der Waals surface area contributed by atoms with Gasteiger partial charge in [-0.15, -0.1) is 11.3 Å². The number of hydrogen-bond acceptors (Lipinski definition) is 3. The lowest BCUT2D eigenvalue weighted by molar-refractivity contribution is 1.22. The van der Waals surface area contributed by atoms with Crippen molar-refractivity contribution in [3.05, 3.63) is 39.8 Å². The Labute approximate surface area is 79.1 Å². The van der Waals surface area contributed by atoms with Gasteiger partial charge in [0.15, 0.2) is 0 Å². The molecule has 0 aliphatic rings. The lowest BCUT2D eigenvalue weighted by Gasteiger charge is -1.92. The molecule has 1 N–H and O–H groups in total. The molecule has 0 saturated heterocycles. The van der Waals surface area contributed by atoms with Gasteiger partial charge in [0.25, 0.3) is 0 Å². The van der Waals surface area contributed by atoms with Crippen LogP contribution in [0.15, 0.2) is 28.5 Å². The maximum absolute atomic E-state index is 11.0. The molecule has 0 aromatic carbocycles.